The van der Waals surface area contributed by atoms with Crippen LogP contribution in [-0.2, 0) is 4.79 Å². The van der Waals surface area contributed by atoms with Gasteiger partial charge in [0, 0.05) is 11.6 Å². The lowest BCUT2D eigenvalue weighted by molar-refractivity contribution is -0.128. The summed E-state index contributed by atoms with van der Waals surface area (Å²) in [6.45, 7) is 0. The lowest BCUT2D eigenvalue weighted by atomic mass is 10.1. The lowest BCUT2D eigenvalue weighted by Crippen LogP contribution is -2.03. The molecule has 0 spiro atoms. The van der Waals surface area contributed by atoms with Gasteiger partial charge in [-0.15, -0.1) is 0 Å². The number of hydrogen-bond acceptors (Lipinski definition) is 4. The van der Waals surface area contributed by atoms with Crippen molar-refractivity contribution >= 4 is 23.9 Å². The van der Waals surface area contributed by atoms with Gasteiger partial charge in [0.25, 0.3) is 0 Å². The monoisotopic (exact) mass is 384 g/mol. The maximum atomic E-state index is 12.1. The number of ketones is 1. The van der Waals surface area contributed by atoms with E-state index in [1.54, 1.807) is 55.7 Å². The fourth-order valence-electron chi connectivity index (χ4n) is 2.55. The highest BCUT2D eigenvalue weighted by Gasteiger charge is 2.02. The first kappa shape index (κ1) is 19.8. The van der Waals surface area contributed by atoms with E-state index in [9.17, 15) is 9.59 Å². The molecule has 0 amide bonds. The molecule has 0 atom stereocenters. The van der Waals surface area contributed by atoms with Crippen LogP contribution in [0.2, 0.25) is 0 Å². The Balaban J connectivity index is 1.55. The molecule has 3 rings (SSSR count). The van der Waals surface area contributed by atoms with E-state index in [4.69, 9.17) is 9.47 Å². The number of ether oxygens (including phenoxy) is 2. The predicted octanol–water partition coefficient (Wildman–Crippen LogP) is 5.21. The van der Waals surface area contributed by atoms with Crippen molar-refractivity contribution in [2.24, 2.45) is 0 Å². The van der Waals surface area contributed by atoms with E-state index < -0.39 is 5.97 Å². The molecule has 0 aliphatic heterocycles. The fourth-order valence-corrected chi connectivity index (χ4v) is 2.55. The molecule has 0 saturated heterocycles. The van der Waals surface area contributed by atoms with Crippen molar-refractivity contribution in [2.45, 2.75) is 0 Å². The molecule has 0 fully saturated rings. The molecule has 3 aromatic carbocycles. The summed E-state index contributed by atoms with van der Waals surface area (Å²) in [4.78, 5) is 24.1. The van der Waals surface area contributed by atoms with Gasteiger partial charge in [-0.1, -0.05) is 60.7 Å². The largest absolute Gasteiger partial charge is 0.497 e. The Labute approximate surface area is 169 Å². The molecule has 4 nitrogen and oxygen atoms in total. The van der Waals surface area contributed by atoms with Crippen LogP contribution in [-0.4, -0.2) is 18.9 Å². The summed E-state index contributed by atoms with van der Waals surface area (Å²) in [5.74, 6) is 0.651. The highest BCUT2D eigenvalue weighted by atomic mass is 16.5. The van der Waals surface area contributed by atoms with Crippen molar-refractivity contribution in [3.05, 3.63) is 108 Å². The number of hydrogen-bond donors (Lipinski definition) is 0. The Bertz CT molecular complexity index is 1010. The van der Waals surface area contributed by atoms with Gasteiger partial charge < -0.3 is 9.47 Å². The van der Waals surface area contributed by atoms with E-state index in [-0.39, 0.29) is 5.78 Å². The minimum Gasteiger partial charge on any atom is -0.497 e. The molecule has 0 aliphatic rings. The summed E-state index contributed by atoms with van der Waals surface area (Å²) < 4.78 is 10.4. The van der Waals surface area contributed by atoms with E-state index in [0.29, 0.717) is 11.3 Å². The number of carbonyl (C=O) groups is 2. The zero-order chi connectivity index (χ0) is 20.5. The van der Waals surface area contributed by atoms with Crippen molar-refractivity contribution in [2.75, 3.05) is 7.11 Å². The third-order valence-corrected chi connectivity index (χ3v) is 4.11. The van der Waals surface area contributed by atoms with Gasteiger partial charge in [0.2, 0.25) is 0 Å². The van der Waals surface area contributed by atoms with E-state index in [1.165, 1.54) is 12.2 Å². The zero-order valence-electron chi connectivity index (χ0n) is 15.9. The third-order valence-electron chi connectivity index (χ3n) is 4.11. The van der Waals surface area contributed by atoms with Crippen LogP contribution in [0.3, 0.4) is 0 Å². The fraction of sp³-hybridized carbons (Fsp3) is 0.0400. The molecule has 4 heteroatoms. The van der Waals surface area contributed by atoms with E-state index in [2.05, 4.69) is 0 Å². The van der Waals surface area contributed by atoms with Crippen molar-refractivity contribution in [3.8, 4) is 11.5 Å². The summed E-state index contributed by atoms with van der Waals surface area (Å²) >= 11 is 0. The van der Waals surface area contributed by atoms with Crippen LogP contribution >= 0.6 is 0 Å². The van der Waals surface area contributed by atoms with Crippen LogP contribution in [0, 0.1) is 0 Å². The molecule has 29 heavy (non-hydrogen) atoms. The number of benzene rings is 3. The van der Waals surface area contributed by atoms with Gasteiger partial charge in [0.15, 0.2) is 5.78 Å². The predicted molar refractivity (Wildman–Crippen MR) is 114 cm³/mol. The van der Waals surface area contributed by atoms with E-state index in [0.717, 1.165) is 16.9 Å². The number of esters is 1. The van der Waals surface area contributed by atoms with Crippen LogP contribution in [0.5, 0.6) is 11.5 Å². The number of methoxy groups -OCH3 is 1. The SMILES string of the molecule is COc1ccc(/C=C/C(=O)Oc2ccc(/C=C/C(=O)c3ccccc3)cc2)cc1. The van der Waals surface area contributed by atoms with Gasteiger partial charge in [-0.05, 0) is 47.5 Å². The second-order valence-electron chi connectivity index (χ2n) is 6.16. The van der Waals surface area contributed by atoms with Crippen LogP contribution < -0.4 is 9.47 Å². The van der Waals surface area contributed by atoms with Gasteiger partial charge in [-0.25, -0.2) is 4.79 Å². The summed E-state index contributed by atoms with van der Waals surface area (Å²) in [6, 6.07) is 23.3. The Hall–Kier alpha value is -3.92. The van der Waals surface area contributed by atoms with Gasteiger partial charge >= 0.3 is 5.97 Å². The van der Waals surface area contributed by atoms with Crippen molar-refractivity contribution in [3.63, 3.8) is 0 Å². The summed E-state index contributed by atoms with van der Waals surface area (Å²) in [5, 5.41) is 0. The molecule has 0 N–H and O–H groups in total. The smallest absolute Gasteiger partial charge is 0.336 e. The minimum atomic E-state index is -0.469. The highest BCUT2D eigenvalue weighted by Crippen LogP contribution is 2.15. The van der Waals surface area contributed by atoms with E-state index in [1.807, 2.05) is 42.5 Å². The Morgan fingerprint density at radius 2 is 1.24 bits per heavy atom. The molecule has 0 bridgehead atoms. The minimum absolute atomic E-state index is 0.0650. The number of allylic oxidation sites excluding steroid dienone is 1. The highest BCUT2D eigenvalue weighted by molar-refractivity contribution is 6.06. The second kappa shape index (κ2) is 9.85. The van der Waals surface area contributed by atoms with Crippen LogP contribution in [0.4, 0.5) is 0 Å². The standard InChI is InChI=1S/C25H20O4/c1-28-22-13-7-20(8-14-22)12-18-25(27)29-23-15-9-19(10-16-23)11-17-24(26)21-5-3-2-4-6-21/h2-18H,1H3/b17-11+,18-12+. The van der Waals surface area contributed by atoms with Crippen molar-refractivity contribution in [1.82, 2.24) is 0 Å². The second-order valence-corrected chi connectivity index (χ2v) is 6.16. The average Bonchev–Trinajstić information content (AvgIpc) is 2.78. The Morgan fingerprint density at radius 1 is 0.690 bits per heavy atom. The Morgan fingerprint density at radius 3 is 1.83 bits per heavy atom. The van der Waals surface area contributed by atoms with Crippen LogP contribution in [0.1, 0.15) is 21.5 Å². The quantitative estimate of drug-likeness (QED) is 0.243. The van der Waals surface area contributed by atoms with Gasteiger partial charge in [-0.2, -0.15) is 0 Å². The van der Waals surface area contributed by atoms with Crippen molar-refractivity contribution in [1.29, 1.82) is 0 Å². The topological polar surface area (TPSA) is 52.6 Å². The molecule has 144 valence electrons. The van der Waals surface area contributed by atoms with Gasteiger partial charge in [0.05, 0.1) is 7.11 Å². The Kier molecular flexibility index (Phi) is 6.74. The van der Waals surface area contributed by atoms with Crippen molar-refractivity contribution < 1.29 is 19.1 Å². The summed E-state index contributed by atoms with van der Waals surface area (Å²) in [5.41, 5.74) is 2.34. The number of carbonyl (C=O) groups excluding carboxylic acids is 2. The molecule has 0 aromatic heterocycles. The van der Waals surface area contributed by atoms with E-state index >= 15 is 0 Å². The maximum absolute atomic E-state index is 12.1. The molecular formula is C25H20O4. The first-order valence-electron chi connectivity index (χ1n) is 9.05. The molecule has 0 unspecified atom stereocenters. The molecule has 0 heterocycles. The molecule has 0 aliphatic carbocycles. The third kappa shape index (κ3) is 6.04. The molecular weight excluding hydrogens is 364 g/mol. The lowest BCUT2D eigenvalue weighted by Gasteiger charge is -2.02. The first-order valence-corrected chi connectivity index (χ1v) is 9.05. The summed E-state index contributed by atoms with van der Waals surface area (Å²) in [6.07, 6.45) is 6.29. The first-order chi connectivity index (χ1) is 14.1. The normalized spacial score (nSPS) is 10.9. The van der Waals surface area contributed by atoms with Crippen LogP contribution in [0.15, 0.2) is 91.0 Å². The summed E-state index contributed by atoms with van der Waals surface area (Å²) in [7, 11) is 1.60. The molecule has 0 radical (unpaired) electrons. The number of rotatable bonds is 7. The zero-order valence-corrected chi connectivity index (χ0v) is 15.9. The average molecular weight is 384 g/mol. The van der Waals surface area contributed by atoms with Gasteiger partial charge in [-0.3, -0.25) is 4.79 Å². The van der Waals surface area contributed by atoms with Gasteiger partial charge in [0.1, 0.15) is 11.5 Å². The molecule has 0 saturated carbocycles. The van der Waals surface area contributed by atoms with Crippen LogP contribution in [0.25, 0.3) is 12.2 Å². The maximum Gasteiger partial charge on any atom is 0.336 e. The molecule has 3 aromatic rings.